The zero-order chi connectivity index (χ0) is 12.9. The van der Waals surface area contributed by atoms with Gasteiger partial charge in [0.15, 0.2) is 0 Å². The first-order valence-electron chi connectivity index (χ1n) is 6.07. The maximum absolute atomic E-state index is 12.2. The van der Waals surface area contributed by atoms with Crippen molar-refractivity contribution in [1.82, 2.24) is 5.32 Å². The molecule has 4 heteroatoms. The monoisotopic (exact) mass is 273 g/mol. The molecule has 0 radical (unpaired) electrons. The molecule has 0 aliphatic heterocycles. The van der Waals surface area contributed by atoms with E-state index in [1.54, 1.807) is 0 Å². The van der Waals surface area contributed by atoms with Crippen molar-refractivity contribution in [3.05, 3.63) is 21.9 Å². The van der Waals surface area contributed by atoms with Gasteiger partial charge in [0, 0.05) is 5.88 Å². The Hall–Kier alpha value is -0.540. The fourth-order valence-electron chi connectivity index (χ4n) is 1.76. The number of hydrogen-bond acceptors (Lipinski definition) is 2. The van der Waals surface area contributed by atoms with Crippen LogP contribution in [0.4, 0.5) is 0 Å². The number of carbonyl (C=O) groups is 1. The quantitative estimate of drug-likeness (QED) is 0.784. The normalized spacial score (nSPS) is 11.5. The average Bonchev–Trinajstić information content (AvgIpc) is 2.84. The van der Waals surface area contributed by atoms with Crippen LogP contribution in [0.3, 0.4) is 0 Å². The van der Waals surface area contributed by atoms with Gasteiger partial charge >= 0.3 is 0 Å². The van der Waals surface area contributed by atoms with Crippen LogP contribution < -0.4 is 5.32 Å². The Labute approximate surface area is 112 Å². The first kappa shape index (κ1) is 14.5. The van der Waals surface area contributed by atoms with Gasteiger partial charge in [-0.1, -0.05) is 20.8 Å². The number of alkyl halides is 1. The van der Waals surface area contributed by atoms with Crippen molar-refractivity contribution in [3.8, 4) is 0 Å². The summed E-state index contributed by atoms with van der Waals surface area (Å²) in [7, 11) is 0. The van der Waals surface area contributed by atoms with Gasteiger partial charge in [-0.15, -0.1) is 22.9 Å². The zero-order valence-corrected chi connectivity index (χ0v) is 12.3. The van der Waals surface area contributed by atoms with E-state index in [9.17, 15) is 4.79 Å². The highest BCUT2D eigenvalue weighted by Gasteiger charge is 2.28. The largest absolute Gasteiger partial charge is 0.345 e. The molecule has 0 aliphatic carbocycles. The van der Waals surface area contributed by atoms with E-state index in [1.165, 1.54) is 11.3 Å². The number of halogens is 1. The SMILES string of the molecule is CCc1ccsc1C(=O)NC(CC)(CC)CCl. The Balaban J connectivity index is 2.84. The van der Waals surface area contributed by atoms with Crippen molar-refractivity contribution in [1.29, 1.82) is 0 Å². The summed E-state index contributed by atoms with van der Waals surface area (Å²) >= 11 is 7.49. The summed E-state index contributed by atoms with van der Waals surface area (Å²) in [4.78, 5) is 13.0. The predicted octanol–water partition coefficient (Wildman–Crippen LogP) is 3.84. The van der Waals surface area contributed by atoms with E-state index in [-0.39, 0.29) is 11.4 Å². The van der Waals surface area contributed by atoms with Crippen LogP contribution in [0.2, 0.25) is 0 Å². The summed E-state index contributed by atoms with van der Waals surface area (Å²) in [6.07, 6.45) is 2.59. The molecule has 1 N–H and O–H groups in total. The van der Waals surface area contributed by atoms with Crippen LogP contribution in [0.25, 0.3) is 0 Å². The van der Waals surface area contributed by atoms with Crippen LogP contribution in [0, 0.1) is 0 Å². The molecule has 0 saturated heterocycles. The lowest BCUT2D eigenvalue weighted by atomic mass is 9.95. The van der Waals surface area contributed by atoms with E-state index in [1.807, 2.05) is 11.4 Å². The van der Waals surface area contributed by atoms with Gasteiger partial charge in [0.1, 0.15) is 0 Å². The number of amides is 1. The Morgan fingerprint density at radius 3 is 2.53 bits per heavy atom. The minimum Gasteiger partial charge on any atom is -0.345 e. The van der Waals surface area contributed by atoms with Gasteiger partial charge < -0.3 is 5.32 Å². The van der Waals surface area contributed by atoms with Crippen LogP contribution in [0.15, 0.2) is 11.4 Å². The number of hydrogen-bond donors (Lipinski definition) is 1. The standard InChI is InChI=1S/C13H20ClNOS/c1-4-10-7-8-17-11(10)12(16)15-13(5-2,6-3)9-14/h7-8H,4-6,9H2,1-3H3,(H,15,16). The summed E-state index contributed by atoms with van der Waals surface area (Å²) in [5, 5.41) is 5.06. The number of rotatable bonds is 6. The van der Waals surface area contributed by atoms with E-state index >= 15 is 0 Å². The van der Waals surface area contributed by atoms with Crippen LogP contribution in [-0.4, -0.2) is 17.3 Å². The van der Waals surface area contributed by atoms with Crippen molar-refractivity contribution in [2.45, 2.75) is 45.6 Å². The average molecular weight is 274 g/mol. The molecule has 1 rings (SSSR count). The summed E-state index contributed by atoms with van der Waals surface area (Å²) in [5.41, 5.74) is 0.844. The molecule has 0 bridgehead atoms. The molecule has 0 fully saturated rings. The molecule has 0 spiro atoms. The van der Waals surface area contributed by atoms with Crippen molar-refractivity contribution >= 4 is 28.8 Å². The second-order valence-electron chi connectivity index (χ2n) is 4.20. The molecule has 0 saturated carbocycles. The molecule has 1 aromatic heterocycles. The van der Waals surface area contributed by atoms with E-state index < -0.39 is 0 Å². The van der Waals surface area contributed by atoms with E-state index in [0.717, 1.165) is 29.7 Å². The fraction of sp³-hybridized carbons (Fsp3) is 0.615. The molecule has 0 unspecified atom stereocenters. The van der Waals surface area contributed by atoms with Crippen molar-refractivity contribution in [2.24, 2.45) is 0 Å². The second kappa shape index (κ2) is 6.41. The zero-order valence-electron chi connectivity index (χ0n) is 10.7. The van der Waals surface area contributed by atoms with Gasteiger partial charge in [-0.05, 0) is 36.3 Å². The number of nitrogens with one attached hydrogen (secondary N) is 1. The van der Waals surface area contributed by atoms with Gasteiger partial charge in [0.25, 0.3) is 5.91 Å². The summed E-state index contributed by atoms with van der Waals surface area (Å²) < 4.78 is 0. The van der Waals surface area contributed by atoms with Crippen LogP contribution in [-0.2, 0) is 6.42 Å². The van der Waals surface area contributed by atoms with Gasteiger partial charge in [-0.2, -0.15) is 0 Å². The van der Waals surface area contributed by atoms with Gasteiger partial charge in [0.05, 0.1) is 10.4 Å². The number of carbonyl (C=O) groups excluding carboxylic acids is 1. The minimum atomic E-state index is -0.270. The molecule has 96 valence electrons. The third kappa shape index (κ3) is 3.23. The van der Waals surface area contributed by atoms with Crippen molar-refractivity contribution < 1.29 is 4.79 Å². The van der Waals surface area contributed by atoms with Crippen LogP contribution >= 0.6 is 22.9 Å². The summed E-state index contributed by atoms with van der Waals surface area (Å²) in [5.74, 6) is 0.472. The van der Waals surface area contributed by atoms with Gasteiger partial charge in [-0.25, -0.2) is 0 Å². The highest BCUT2D eigenvalue weighted by molar-refractivity contribution is 7.12. The summed E-state index contributed by atoms with van der Waals surface area (Å²) in [6.45, 7) is 6.18. The molecule has 0 atom stereocenters. The number of aryl methyl sites for hydroxylation is 1. The molecule has 1 amide bonds. The highest BCUT2D eigenvalue weighted by atomic mass is 35.5. The first-order valence-corrected chi connectivity index (χ1v) is 7.48. The topological polar surface area (TPSA) is 29.1 Å². The Kier molecular flexibility index (Phi) is 5.47. The molecule has 17 heavy (non-hydrogen) atoms. The highest BCUT2D eigenvalue weighted by Crippen LogP contribution is 2.21. The summed E-state index contributed by atoms with van der Waals surface area (Å²) in [6, 6.07) is 2.01. The molecular weight excluding hydrogens is 254 g/mol. The smallest absolute Gasteiger partial charge is 0.262 e. The van der Waals surface area contributed by atoms with Gasteiger partial charge in [0.2, 0.25) is 0 Å². The first-order chi connectivity index (χ1) is 8.12. The molecule has 2 nitrogen and oxygen atoms in total. The maximum Gasteiger partial charge on any atom is 0.262 e. The maximum atomic E-state index is 12.2. The predicted molar refractivity (Wildman–Crippen MR) is 75.2 cm³/mol. The third-order valence-corrected chi connectivity index (χ3v) is 4.79. The lowest BCUT2D eigenvalue weighted by molar-refractivity contribution is 0.0906. The van der Waals surface area contributed by atoms with Gasteiger partial charge in [-0.3, -0.25) is 4.79 Å². The van der Waals surface area contributed by atoms with Crippen molar-refractivity contribution in [3.63, 3.8) is 0 Å². The second-order valence-corrected chi connectivity index (χ2v) is 5.39. The van der Waals surface area contributed by atoms with E-state index in [0.29, 0.717) is 5.88 Å². The Morgan fingerprint density at radius 1 is 1.41 bits per heavy atom. The third-order valence-electron chi connectivity index (χ3n) is 3.32. The Bertz CT molecular complexity index is 363. The lowest BCUT2D eigenvalue weighted by Gasteiger charge is -2.30. The molecule has 0 aliphatic rings. The molecule has 0 aromatic carbocycles. The molecule has 1 heterocycles. The molecule has 1 aromatic rings. The minimum absolute atomic E-state index is 0.0150. The molecular formula is C13H20ClNOS. The fourth-order valence-corrected chi connectivity index (χ4v) is 3.10. The van der Waals surface area contributed by atoms with E-state index in [4.69, 9.17) is 11.6 Å². The Morgan fingerprint density at radius 2 is 2.06 bits per heavy atom. The number of thiophene rings is 1. The van der Waals surface area contributed by atoms with Crippen LogP contribution in [0.1, 0.15) is 48.8 Å². The van der Waals surface area contributed by atoms with Crippen molar-refractivity contribution in [2.75, 3.05) is 5.88 Å². The lowest BCUT2D eigenvalue weighted by Crippen LogP contribution is -2.49. The van der Waals surface area contributed by atoms with E-state index in [2.05, 4.69) is 26.1 Å². The van der Waals surface area contributed by atoms with Crippen LogP contribution in [0.5, 0.6) is 0 Å².